The lowest BCUT2D eigenvalue weighted by atomic mass is 10.0. The minimum Gasteiger partial charge on any atom is -0.477 e. The number of benzene rings is 9. The van der Waals surface area contributed by atoms with E-state index in [1.165, 1.54) is 39.7 Å². The molecule has 1 aromatic heterocycles. The van der Waals surface area contributed by atoms with Crippen molar-refractivity contribution in [1.29, 1.82) is 5.26 Å². The largest absolute Gasteiger partial charge is 0.477 e. The van der Waals surface area contributed by atoms with E-state index in [-0.39, 0.29) is 5.57 Å². The molecular formula is C60H43N3O2S. The number of hydrogen-bond acceptors (Lipinski definition) is 5. The van der Waals surface area contributed by atoms with Crippen molar-refractivity contribution in [3.05, 3.63) is 257 Å². The molecule has 0 atom stereocenters. The average Bonchev–Trinajstić information content (AvgIpc) is 3.84. The lowest BCUT2D eigenvalue weighted by Crippen LogP contribution is -2.14. The second-order valence-electron chi connectivity index (χ2n) is 16.2. The molecule has 0 aliphatic carbocycles. The van der Waals surface area contributed by atoms with Crippen LogP contribution in [0.2, 0.25) is 0 Å². The fraction of sp³-hybridized carbons (Fsp3) is 0.0333. The number of anilines is 6. The van der Waals surface area contributed by atoms with Crippen molar-refractivity contribution in [2.75, 3.05) is 9.80 Å². The minimum atomic E-state index is -1.25. The van der Waals surface area contributed by atoms with Crippen LogP contribution in [0.25, 0.3) is 38.1 Å². The lowest BCUT2D eigenvalue weighted by molar-refractivity contribution is -0.132. The summed E-state index contributed by atoms with van der Waals surface area (Å²) in [5, 5.41) is 23.8. The molecule has 6 heteroatoms. The van der Waals surface area contributed by atoms with E-state index in [9.17, 15) is 15.2 Å². The second kappa shape index (κ2) is 18.7. The number of aliphatic carboxylic acids is 1. The van der Waals surface area contributed by atoms with Gasteiger partial charge in [-0.2, -0.15) is 5.26 Å². The number of carboxylic acid groups (broad SMARTS) is 1. The summed E-state index contributed by atoms with van der Waals surface area (Å²) in [6, 6.07) is 81.1. The van der Waals surface area contributed by atoms with Gasteiger partial charge in [-0.3, -0.25) is 0 Å². The molecule has 0 bridgehead atoms. The highest BCUT2D eigenvalue weighted by molar-refractivity contribution is 7.16. The predicted molar refractivity (Wildman–Crippen MR) is 274 cm³/mol. The number of carbonyl (C=O) groups is 1. The maximum Gasteiger partial charge on any atom is 0.346 e. The summed E-state index contributed by atoms with van der Waals surface area (Å²) < 4.78 is 0. The van der Waals surface area contributed by atoms with E-state index in [4.69, 9.17) is 0 Å². The van der Waals surface area contributed by atoms with Crippen LogP contribution < -0.4 is 9.80 Å². The van der Waals surface area contributed by atoms with E-state index in [0.717, 1.165) is 79.0 Å². The molecule has 0 spiro atoms. The van der Waals surface area contributed by atoms with Gasteiger partial charge >= 0.3 is 5.97 Å². The number of thiophene rings is 1. The van der Waals surface area contributed by atoms with Crippen LogP contribution in [0.15, 0.2) is 230 Å². The monoisotopic (exact) mass is 869 g/mol. The van der Waals surface area contributed by atoms with E-state index < -0.39 is 5.97 Å². The van der Waals surface area contributed by atoms with Gasteiger partial charge < -0.3 is 14.9 Å². The van der Waals surface area contributed by atoms with Crippen LogP contribution in [-0.2, 0) is 17.6 Å². The molecule has 0 unspecified atom stereocenters. The molecule has 0 saturated heterocycles. The molecule has 0 aliphatic rings. The molecule has 0 aliphatic heterocycles. The summed E-state index contributed by atoms with van der Waals surface area (Å²) in [4.78, 5) is 18.2. The Labute approximate surface area is 388 Å². The summed E-state index contributed by atoms with van der Waals surface area (Å²) in [7, 11) is 0. The minimum absolute atomic E-state index is 0.312. The SMILES string of the molecule is N#C/C(=C/c1ccc(-c2cc(N(c3ccc(Cc4ccccc4)cc3)c3cccc4ccccc34)cc(N(c3ccc(Cc4ccccc4)cc3)c3cccc4ccccc34)c2)s1)C(=O)O. The number of hydrogen-bond donors (Lipinski definition) is 1. The lowest BCUT2D eigenvalue weighted by Gasteiger charge is -2.31. The van der Waals surface area contributed by atoms with E-state index in [1.54, 1.807) is 0 Å². The molecule has 1 heterocycles. The van der Waals surface area contributed by atoms with Crippen LogP contribution in [0.3, 0.4) is 0 Å². The van der Waals surface area contributed by atoms with E-state index in [1.807, 2.05) is 30.3 Å². The second-order valence-corrected chi connectivity index (χ2v) is 17.4. The highest BCUT2D eigenvalue weighted by Gasteiger charge is 2.22. The van der Waals surface area contributed by atoms with Gasteiger partial charge in [0.05, 0.1) is 11.4 Å². The van der Waals surface area contributed by atoms with E-state index in [0.29, 0.717) is 4.88 Å². The molecule has 0 amide bonds. The summed E-state index contributed by atoms with van der Waals surface area (Å²) in [6.45, 7) is 0. The van der Waals surface area contributed by atoms with Gasteiger partial charge in [0.2, 0.25) is 0 Å². The molecule has 10 aromatic rings. The van der Waals surface area contributed by atoms with E-state index >= 15 is 0 Å². The van der Waals surface area contributed by atoms with Crippen LogP contribution in [0, 0.1) is 11.3 Å². The Morgan fingerprint density at radius 1 is 0.485 bits per heavy atom. The Morgan fingerprint density at radius 2 is 0.924 bits per heavy atom. The van der Waals surface area contributed by atoms with Crippen LogP contribution in [0.4, 0.5) is 34.1 Å². The Bertz CT molecular complexity index is 3210. The Kier molecular flexibility index (Phi) is 11.8. The fourth-order valence-electron chi connectivity index (χ4n) is 8.72. The molecule has 1 N–H and O–H groups in total. The zero-order valence-electron chi connectivity index (χ0n) is 36.0. The molecular weight excluding hydrogens is 827 g/mol. The topological polar surface area (TPSA) is 67.6 Å². The maximum atomic E-state index is 11.9. The van der Waals surface area contributed by atoms with E-state index in [2.05, 4.69) is 210 Å². The van der Waals surface area contributed by atoms with Crippen molar-refractivity contribution in [1.82, 2.24) is 0 Å². The van der Waals surface area contributed by atoms with Crippen molar-refractivity contribution in [2.24, 2.45) is 0 Å². The normalized spacial score (nSPS) is 11.3. The van der Waals surface area contributed by atoms with Crippen LogP contribution in [-0.4, -0.2) is 11.1 Å². The Hall–Kier alpha value is -8.50. The standard InChI is InChI=1S/C60H43N3O2S/c61-41-49(60(64)65)39-54-33-34-59(66-54)48-37-52(62(57-23-11-19-46-17-7-9-21-55(46)57)50-29-25-44(26-30-50)35-42-13-3-1-4-14-42)40-53(38-48)63(58-24-12-20-47-18-8-10-22-56(47)58)51-31-27-45(28-32-51)36-43-15-5-2-6-16-43/h1-34,37-40H,35-36H2,(H,64,65)/b49-39-. The van der Waals surface area contributed by atoms with Crippen molar-refractivity contribution in [2.45, 2.75) is 12.8 Å². The fourth-order valence-corrected chi connectivity index (χ4v) is 9.65. The van der Waals surface area contributed by atoms with Crippen molar-refractivity contribution in [3.8, 4) is 16.5 Å². The molecule has 316 valence electrons. The van der Waals surface area contributed by atoms with Gasteiger partial charge in [-0.05, 0) is 124 Å². The number of carboxylic acids is 1. The highest BCUT2D eigenvalue weighted by atomic mass is 32.1. The van der Waals surface area contributed by atoms with Gasteiger partial charge in [-0.1, -0.05) is 158 Å². The van der Waals surface area contributed by atoms with Gasteiger partial charge in [0, 0.05) is 43.3 Å². The molecule has 0 fully saturated rings. The first-order chi connectivity index (χ1) is 32.5. The summed E-state index contributed by atoms with van der Waals surface area (Å²) in [6.07, 6.45) is 3.09. The quantitative estimate of drug-likeness (QED) is 0.0923. The van der Waals surface area contributed by atoms with Crippen molar-refractivity contribution in [3.63, 3.8) is 0 Å². The van der Waals surface area contributed by atoms with Gasteiger partial charge in [-0.15, -0.1) is 11.3 Å². The summed E-state index contributed by atoms with van der Waals surface area (Å²) >= 11 is 1.45. The van der Waals surface area contributed by atoms with Gasteiger partial charge in [0.25, 0.3) is 0 Å². The number of fused-ring (bicyclic) bond motifs is 2. The van der Waals surface area contributed by atoms with Crippen molar-refractivity contribution < 1.29 is 9.90 Å². The number of nitrogens with zero attached hydrogens (tertiary/aromatic N) is 3. The predicted octanol–water partition coefficient (Wildman–Crippen LogP) is 15.8. The highest BCUT2D eigenvalue weighted by Crippen LogP contribution is 2.47. The van der Waals surface area contributed by atoms with Gasteiger partial charge in [-0.25, -0.2) is 4.79 Å². The molecule has 5 nitrogen and oxygen atoms in total. The molecule has 66 heavy (non-hydrogen) atoms. The Morgan fingerprint density at radius 3 is 1.39 bits per heavy atom. The maximum absolute atomic E-state index is 11.9. The summed E-state index contributed by atoms with van der Waals surface area (Å²) in [5.74, 6) is -1.25. The number of nitriles is 1. The third-order valence-corrected chi connectivity index (χ3v) is 13.0. The first-order valence-corrected chi connectivity index (χ1v) is 22.7. The van der Waals surface area contributed by atoms with Crippen LogP contribution in [0.5, 0.6) is 0 Å². The number of rotatable bonds is 13. The first-order valence-electron chi connectivity index (χ1n) is 21.9. The molecule has 9 aromatic carbocycles. The third-order valence-electron chi connectivity index (χ3n) is 11.9. The summed E-state index contributed by atoms with van der Waals surface area (Å²) in [5.41, 5.74) is 11.5. The zero-order valence-corrected chi connectivity index (χ0v) is 36.8. The van der Waals surface area contributed by atoms with Crippen LogP contribution >= 0.6 is 11.3 Å². The average molecular weight is 870 g/mol. The Balaban J connectivity index is 1.20. The first kappa shape index (κ1) is 41.5. The molecule has 0 radical (unpaired) electrons. The zero-order chi connectivity index (χ0) is 44.8. The van der Waals surface area contributed by atoms with Crippen molar-refractivity contribution >= 4 is 79.1 Å². The van der Waals surface area contributed by atoms with Gasteiger partial charge in [0.15, 0.2) is 0 Å². The molecule has 0 saturated carbocycles. The smallest absolute Gasteiger partial charge is 0.346 e. The molecule has 10 rings (SSSR count). The van der Waals surface area contributed by atoms with Crippen LogP contribution in [0.1, 0.15) is 27.1 Å². The van der Waals surface area contributed by atoms with Gasteiger partial charge in [0.1, 0.15) is 11.6 Å². The third kappa shape index (κ3) is 8.85.